The highest BCUT2D eigenvalue weighted by molar-refractivity contribution is 14.0. The van der Waals surface area contributed by atoms with Crippen molar-refractivity contribution in [3.8, 4) is 0 Å². The fourth-order valence-corrected chi connectivity index (χ4v) is 5.77. The minimum atomic E-state index is -3.30. The zero-order chi connectivity index (χ0) is 21.5. The van der Waals surface area contributed by atoms with E-state index in [9.17, 15) is 8.42 Å². The summed E-state index contributed by atoms with van der Waals surface area (Å²) in [5.41, 5.74) is 0.358. The Hall–Kier alpha value is -1.14. The van der Waals surface area contributed by atoms with Gasteiger partial charge in [0.25, 0.3) is 0 Å². The van der Waals surface area contributed by atoms with E-state index in [2.05, 4.69) is 32.4 Å². The lowest BCUT2D eigenvalue weighted by molar-refractivity contribution is 0.283. The van der Waals surface area contributed by atoms with E-state index in [0.29, 0.717) is 44.1 Å². The Labute approximate surface area is 204 Å². The molecule has 8 nitrogen and oxygen atoms in total. The molecule has 2 heterocycles. The van der Waals surface area contributed by atoms with Crippen LogP contribution in [-0.2, 0) is 10.0 Å². The molecular weight excluding hydrogens is 527 g/mol. The predicted octanol–water partition coefficient (Wildman–Crippen LogP) is 2.29. The van der Waals surface area contributed by atoms with Crippen molar-refractivity contribution in [2.45, 2.75) is 39.0 Å². The third kappa shape index (κ3) is 7.18. The Morgan fingerprint density at radius 2 is 1.87 bits per heavy atom. The molecule has 0 bridgehead atoms. The summed E-state index contributed by atoms with van der Waals surface area (Å²) in [5, 5.41) is 6.59. The highest BCUT2D eigenvalue weighted by Crippen LogP contribution is 2.40. The molecule has 0 unspecified atom stereocenters. The molecule has 1 aliphatic heterocycles. The van der Waals surface area contributed by atoms with Crippen LogP contribution in [0.25, 0.3) is 0 Å². The number of aliphatic imine (C=N–C) groups is 1. The number of rotatable bonds is 8. The molecule has 1 saturated carbocycles. The molecule has 0 radical (unpaired) electrons. The summed E-state index contributed by atoms with van der Waals surface area (Å²) in [7, 11) is -1.57. The smallest absolute Gasteiger partial charge is 0.215 e. The van der Waals surface area contributed by atoms with E-state index in [-0.39, 0.29) is 29.7 Å². The van der Waals surface area contributed by atoms with Crippen LogP contribution in [0, 0.1) is 5.41 Å². The second kappa shape index (κ2) is 12.2. The summed E-state index contributed by atoms with van der Waals surface area (Å²) in [6.45, 7) is 5.80. The molecule has 0 atom stereocenters. The number of hydrogen-bond acceptors (Lipinski definition) is 5. The molecular formula is C21H37IN6O2S. The molecule has 10 heteroatoms. The van der Waals surface area contributed by atoms with E-state index in [4.69, 9.17) is 0 Å². The molecule has 1 aliphatic carbocycles. The van der Waals surface area contributed by atoms with Gasteiger partial charge in [0.1, 0.15) is 5.82 Å². The summed E-state index contributed by atoms with van der Waals surface area (Å²) >= 11 is 0. The number of sulfonamides is 1. The summed E-state index contributed by atoms with van der Waals surface area (Å²) in [4.78, 5) is 10.7. The largest absolute Gasteiger partial charge is 0.356 e. The molecule has 2 N–H and O–H groups in total. The maximum Gasteiger partial charge on any atom is 0.215 e. The van der Waals surface area contributed by atoms with Crippen molar-refractivity contribution in [1.29, 1.82) is 0 Å². The number of hydrogen-bond donors (Lipinski definition) is 2. The number of aromatic nitrogens is 1. The van der Waals surface area contributed by atoms with Crippen LogP contribution in [0.4, 0.5) is 5.82 Å². The molecule has 31 heavy (non-hydrogen) atoms. The lowest BCUT2D eigenvalue weighted by Crippen LogP contribution is -2.51. The van der Waals surface area contributed by atoms with Crippen molar-refractivity contribution in [3.63, 3.8) is 0 Å². The number of guanidine groups is 1. The normalized spacial score (nSPS) is 19.7. The van der Waals surface area contributed by atoms with Gasteiger partial charge in [-0.2, -0.15) is 4.31 Å². The van der Waals surface area contributed by atoms with Crippen molar-refractivity contribution in [2.24, 2.45) is 10.4 Å². The van der Waals surface area contributed by atoms with Crippen LogP contribution in [0.2, 0.25) is 0 Å². The van der Waals surface area contributed by atoms with Crippen molar-refractivity contribution in [1.82, 2.24) is 19.9 Å². The summed E-state index contributed by atoms with van der Waals surface area (Å²) in [6, 6.07) is 5.80. The lowest BCUT2D eigenvalue weighted by Gasteiger charge is -2.34. The van der Waals surface area contributed by atoms with Crippen molar-refractivity contribution in [3.05, 3.63) is 24.4 Å². The van der Waals surface area contributed by atoms with Gasteiger partial charge in [0.2, 0.25) is 10.0 Å². The van der Waals surface area contributed by atoms with E-state index in [0.717, 1.165) is 18.8 Å². The van der Waals surface area contributed by atoms with E-state index in [1.54, 1.807) is 17.5 Å². The Balaban J connectivity index is 0.00000341. The van der Waals surface area contributed by atoms with Gasteiger partial charge in [-0.05, 0) is 36.8 Å². The van der Waals surface area contributed by atoms with Crippen LogP contribution < -0.4 is 15.5 Å². The van der Waals surface area contributed by atoms with Gasteiger partial charge in [-0.25, -0.2) is 13.4 Å². The van der Waals surface area contributed by atoms with Gasteiger partial charge in [-0.3, -0.25) is 4.99 Å². The van der Waals surface area contributed by atoms with E-state index in [1.807, 2.05) is 18.2 Å². The second-order valence-corrected chi connectivity index (χ2v) is 10.4. The van der Waals surface area contributed by atoms with Gasteiger partial charge in [-0.15, -0.1) is 24.0 Å². The summed E-state index contributed by atoms with van der Waals surface area (Å²) < 4.78 is 27.1. The lowest BCUT2D eigenvalue weighted by atomic mass is 9.83. The van der Waals surface area contributed by atoms with Crippen LogP contribution >= 0.6 is 24.0 Å². The third-order valence-corrected chi connectivity index (χ3v) is 8.40. The molecule has 0 spiro atoms. The van der Waals surface area contributed by atoms with Gasteiger partial charge in [-0.1, -0.05) is 25.8 Å². The van der Waals surface area contributed by atoms with Gasteiger partial charge in [0.15, 0.2) is 5.96 Å². The first-order chi connectivity index (χ1) is 14.5. The highest BCUT2D eigenvalue weighted by Gasteiger charge is 2.32. The first-order valence-electron chi connectivity index (χ1n) is 11.1. The summed E-state index contributed by atoms with van der Waals surface area (Å²) in [6.07, 6.45) is 8.04. The van der Waals surface area contributed by atoms with Gasteiger partial charge in [0.05, 0.1) is 5.75 Å². The Bertz CT molecular complexity index is 791. The van der Waals surface area contributed by atoms with Crippen molar-refractivity contribution < 1.29 is 8.42 Å². The number of nitrogens with one attached hydrogen (secondary N) is 2. The Kier molecular flexibility index (Phi) is 10.3. The Morgan fingerprint density at radius 1 is 1.16 bits per heavy atom. The summed E-state index contributed by atoms with van der Waals surface area (Å²) in [5.74, 6) is 1.65. The fraction of sp³-hybridized carbons (Fsp3) is 0.714. The zero-order valence-electron chi connectivity index (χ0n) is 18.7. The number of nitrogens with zero attached hydrogens (tertiary/aromatic N) is 4. The zero-order valence-corrected chi connectivity index (χ0v) is 21.9. The number of anilines is 1. The average Bonchev–Trinajstić information content (AvgIpc) is 3.26. The topological polar surface area (TPSA) is 89.9 Å². The molecule has 0 aromatic carbocycles. The molecule has 2 aliphatic rings. The maximum atomic E-state index is 12.8. The quantitative estimate of drug-likeness (QED) is 0.286. The Morgan fingerprint density at radius 3 is 2.45 bits per heavy atom. The monoisotopic (exact) mass is 564 g/mol. The van der Waals surface area contributed by atoms with E-state index < -0.39 is 10.0 Å². The van der Waals surface area contributed by atoms with E-state index in [1.165, 1.54) is 25.7 Å². The number of piperazine rings is 1. The minimum Gasteiger partial charge on any atom is -0.356 e. The first-order valence-corrected chi connectivity index (χ1v) is 12.7. The molecule has 1 aromatic rings. The molecule has 1 saturated heterocycles. The van der Waals surface area contributed by atoms with Crippen LogP contribution in [-0.4, -0.2) is 75.7 Å². The predicted molar refractivity (Wildman–Crippen MR) is 138 cm³/mol. The fourth-order valence-electron chi connectivity index (χ4n) is 4.44. The average molecular weight is 565 g/mol. The number of pyridine rings is 1. The highest BCUT2D eigenvalue weighted by atomic mass is 127. The van der Waals surface area contributed by atoms with Crippen LogP contribution in [0.15, 0.2) is 29.4 Å². The maximum absolute atomic E-state index is 12.8. The minimum absolute atomic E-state index is 0. The first kappa shape index (κ1) is 26.1. The molecule has 2 fully saturated rings. The van der Waals surface area contributed by atoms with Gasteiger partial charge >= 0.3 is 0 Å². The SMILES string of the molecule is CCC1(CNC(=NC)NCCS(=O)(=O)N2CCN(c3ccccn3)CC2)CCCC1.I. The van der Waals surface area contributed by atoms with Gasteiger partial charge < -0.3 is 15.5 Å². The third-order valence-electron chi connectivity index (χ3n) is 6.53. The van der Waals surface area contributed by atoms with Crippen molar-refractivity contribution in [2.75, 3.05) is 57.0 Å². The van der Waals surface area contributed by atoms with Crippen LogP contribution in [0.3, 0.4) is 0 Å². The molecule has 176 valence electrons. The van der Waals surface area contributed by atoms with Crippen LogP contribution in [0.1, 0.15) is 39.0 Å². The van der Waals surface area contributed by atoms with Gasteiger partial charge in [0, 0.05) is 52.5 Å². The standard InChI is InChI=1S/C21H36N6O2S.HI/c1-3-21(9-5-6-10-21)18-25-20(22-2)24-12-17-30(28,29)27-15-13-26(14-16-27)19-8-4-7-11-23-19;/h4,7-8,11H,3,5-6,9-10,12-18H2,1-2H3,(H2,22,24,25);1H. The second-order valence-electron chi connectivity index (χ2n) is 8.30. The molecule has 0 amide bonds. The van der Waals surface area contributed by atoms with Crippen LogP contribution in [0.5, 0.6) is 0 Å². The molecule has 1 aromatic heterocycles. The molecule has 3 rings (SSSR count). The van der Waals surface area contributed by atoms with E-state index >= 15 is 0 Å². The van der Waals surface area contributed by atoms with Crippen molar-refractivity contribution >= 4 is 45.8 Å². The number of halogens is 1.